The number of hydrogen-bond donors (Lipinski definition) is 2. The second-order valence-corrected chi connectivity index (χ2v) is 7.66. The number of rotatable bonds is 2. The summed E-state index contributed by atoms with van der Waals surface area (Å²) in [5.74, 6) is 0.934. The van der Waals surface area contributed by atoms with Gasteiger partial charge in [-0.15, -0.1) is 11.3 Å². The van der Waals surface area contributed by atoms with Crippen molar-refractivity contribution in [2.45, 2.75) is 18.8 Å². The Bertz CT molecular complexity index is 1030. The summed E-state index contributed by atoms with van der Waals surface area (Å²) in [6, 6.07) is 10.7. The maximum absolute atomic E-state index is 6.11. The zero-order valence-electron chi connectivity index (χ0n) is 13.8. The van der Waals surface area contributed by atoms with E-state index in [0.29, 0.717) is 11.7 Å². The first-order valence-electron chi connectivity index (χ1n) is 8.63. The molecule has 1 saturated heterocycles. The summed E-state index contributed by atoms with van der Waals surface area (Å²) in [5.41, 5.74) is 9.03. The summed E-state index contributed by atoms with van der Waals surface area (Å²) in [6.45, 7) is 2.08. The van der Waals surface area contributed by atoms with Crippen molar-refractivity contribution in [1.82, 2.24) is 19.7 Å². The third-order valence-electron chi connectivity index (χ3n) is 4.93. The van der Waals surface area contributed by atoms with E-state index in [2.05, 4.69) is 51.2 Å². The third kappa shape index (κ3) is 2.49. The van der Waals surface area contributed by atoms with Gasteiger partial charge in [0.1, 0.15) is 0 Å². The lowest BCUT2D eigenvalue weighted by molar-refractivity contribution is 0.456. The van der Waals surface area contributed by atoms with Crippen LogP contribution >= 0.6 is 11.3 Å². The Hall–Kier alpha value is -2.44. The SMILES string of the molecule is Nc1ncc(-c2cc3ccccc3s2)n2cc(C3CCCNC3)nc12. The highest BCUT2D eigenvalue weighted by Crippen LogP contribution is 2.34. The maximum Gasteiger partial charge on any atom is 0.180 e. The van der Waals surface area contributed by atoms with Gasteiger partial charge in [0.15, 0.2) is 11.5 Å². The van der Waals surface area contributed by atoms with Crippen LogP contribution in [0, 0.1) is 0 Å². The fraction of sp³-hybridized carbons (Fsp3) is 0.263. The Morgan fingerprint density at radius 1 is 1.28 bits per heavy atom. The Labute approximate surface area is 149 Å². The predicted molar refractivity (Wildman–Crippen MR) is 103 cm³/mol. The first-order chi connectivity index (χ1) is 12.3. The van der Waals surface area contributed by atoms with Gasteiger partial charge in [-0.25, -0.2) is 9.97 Å². The number of hydrogen-bond acceptors (Lipinski definition) is 5. The standard InChI is InChI=1S/C19H19N5S/c20-18-19-23-14(13-5-3-7-21-9-13)11-24(19)15(10-22-18)17-8-12-4-1-2-6-16(12)25-17/h1-2,4,6,8,10-11,13,21H,3,5,7,9H2,(H2,20,22). The molecule has 126 valence electrons. The van der Waals surface area contributed by atoms with Crippen LogP contribution in [0.4, 0.5) is 5.82 Å². The van der Waals surface area contributed by atoms with Gasteiger partial charge in [0.2, 0.25) is 0 Å². The summed E-state index contributed by atoms with van der Waals surface area (Å²) >= 11 is 1.77. The van der Waals surface area contributed by atoms with Crippen LogP contribution in [0.1, 0.15) is 24.5 Å². The number of anilines is 1. The molecule has 0 saturated carbocycles. The second-order valence-electron chi connectivity index (χ2n) is 6.58. The average Bonchev–Trinajstić information content (AvgIpc) is 3.28. The summed E-state index contributed by atoms with van der Waals surface area (Å²) in [6.07, 6.45) is 6.36. The van der Waals surface area contributed by atoms with Crippen LogP contribution in [-0.2, 0) is 0 Å². The minimum Gasteiger partial charge on any atom is -0.381 e. The zero-order chi connectivity index (χ0) is 16.8. The van der Waals surface area contributed by atoms with Crippen molar-refractivity contribution >= 4 is 32.9 Å². The molecule has 0 aliphatic carbocycles. The van der Waals surface area contributed by atoms with Crippen molar-refractivity contribution in [2.24, 2.45) is 0 Å². The molecule has 3 N–H and O–H groups in total. The van der Waals surface area contributed by atoms with E-state index in [0.717, 1.165) is 30.1 Å². The molecule has 1 atom stereocenters. The molecule has 6 heteroatoms. The lowest BCUT2D eigenvalue weighted by Gasteiger charge is -2.20. The lowest BCUT2D eigenvalue weighted by atomic mass is 9.97. The summed E-state index contributed by atoms with van der Waals surface area (Å²) in [4.78, 5) is 10.4. The Balaban J connectivity index is 1.67. The molecule has 4 aromatic rings. The molecule has 1 fully saturated rings. The number of piperidine rings is 1. The van der Waals surface area contributed by atoms with Gasteiger partial charge in [-0.3, -0.25) is 4.40 Å². The van der Waals surface area contributed by atoms with Crippen molar-refractivity contribution in [1.29, 1.82) is 0 Å². The largest absolute Gasteiger partial charge is 0.381 e. The molecule has 0 amide bonds. The number of thiophene rings is 1. The summed E-state index contributed by atoms with van der Waals surface area (Å²) in [7, 11) is 0. The number of nitrogens with zero attached hydrogens (tertiary/aromatic N) is 3. The van der Waals surface area contributed by atoms with E-state index in [4.69, 9.17) is 10.7 Å². The number of nitrogens with one attached hydrogen (secondary N) is 1. The molecular formula is C19H19N5S. The van der Waals surface area contributed by atoms with Gasteiger partial charge in [0.05, 0.1) is 22.5 Å². The lowest BCUT2D eigenvalue weighted by Crippen LogP contribution is -2.28. The zero-order valence-corrected chi connectivity index (χ0v) is 14.6. The molecule has 1 aliphatic rings. The van der Waals surface area contributed by atoms with E-state index >= 15 is 0 Å². The first-order valence-corrected chi connectivity index (χ1v) is 9.44. The molecule has 5 rings (SSSR count). The van der Waals surface area contributed by atoms with E-state index in [-0.39, 0.29) is 0 Å². The van der Waals surface area contributed by atoms with Crippen molar-refractivity contribution in [3.63, 3.8) is 0 Å². The average molecular weight is 349 g/mol. The van der Waals surface area contributed by atoms with Crippen molar-refractivity contribution in [3.05, 3.63) is 48.4 Å². The van der Waals surface area contributed by atoms with E-state index in [9.17, 15) is 0 Å². The van der Waals surface area contributed by atoms with Gasteiger partial charge in [-0.1, -0.05) is 18.2 Å². The Morgan fingerprint density at radius 2 is 2.20 bits per heavy atom. The van der Waals surface area contributed by atoms with Gasteiger partial charge in [-0.2, -0.15) is 0 Å². The number of nitrogen functional groups attached to an aromatic ring is 1. The van der Waals surface area contributed by atoms with E-state index in [1.54, 1.807) is 11.3 Å². The van der Waals surface area contributed by atoms with Gasteiger partial charge >= 0.3 is 0 Å². The van der Waals surface area contributed by atoms with Gasteiger partial charge in [-0.05, 0) is 36.9 Å². The minimum atomic E-state index is 0.448. The first kappa shape index (κ1) is 14.9. The molecule has 4 heterocycles. The normalized spacial score (nSPS) is 18.2. The summed E-state index contributed by atoms with van der Waals surface area (Å²) < 4.78 is 3.39. The molecule has 0 bridgehead atoms. The van der Waals surface area contributed by atoms with Crippen LogP contribution in [0.3, 0.4) is 0 Å². The number of aromatic nitrogens is 3. The highest BCUT2D eigenvalue weighted by molar-refractivity contribution is 7.22. The van der Waals surface area contributed by atoms with Crippen LogP contribution in [0.2, 0.25) is 0 Å². The molecule has 3 aromatic heterocycles. The van der Waals surface area contributed by atoms with Crippen molar-refractivity contribution in [2.75, 3.05) is 18.8 Å². The monoisotopic (exact) mass is 349 g/mol. The molecule has 1 unspecified atom stereocenters. The summed E-state index contributed by atoms with van der Waals surface area (Å²) in [5, 5.41) is 4.72. The van der Waals surface area contributed by atoms with Gasteiger partial charge < -0.3 is 11.1 Å². The van der Waals surface area contributed by atoms with E-state index in [1.807, 2.05) is 6.20 Å². The number of fused-ring (bicyclic) bond motifs is 2. The van der Waals surface area contributed by atoms with E-state index < -0.39 is 0 Å². The third-order valence-corrected chi connectivity index (χ3v) is 6.07. The highest BCUT2D eigenvalue weighted by atomic mass is 32.1. The molecule has 0 spiro atoms. The Kier molecular flexibility index (Phi) is 3.46. The van der Waals surface area contributed by atoms with Crippen LogP contribution in [-0.4, -0.2) is 27.5 Å². The van der Waals surface area contributed by atoms with Crippen LogP contribution < -0.4 is 11.1 Å². The molecule has 1 aliphatic heterocycles. The van der Waals surface area contributed by atoms with Gasteiger partial charge in [0, 0.05) is 23.4 Å². The molecule has 25 heavy (non-hydrogen) atoms. The molecule has 1 aromatic carbocycles. The minimum absolute atomic E-state index is 0.448. The van der Waals surface area contributed by atoms with Crippen LogP contribution in [0.5, 0.6) is 0 Å². The number of nitrogens with two attached hydrogens (primary N) is 1. The smallest absolute Gasteiger partial charge is 0.180 e. The van der Waals surface area contributed by atoms with Crippen LogP contribution in [0.25, 0.3) is 26.3 Å². The second kappa shape index (κ2) is 5.82. The molecule has 0 radical (unpaired) electrons. The van der Waals surface area contributed by atoms with Crippen molar-refractivity contribution < 1.29 is 0 Å². The van der Waals surface area contributed by atoms with E-state index in [1.165, 1.54) is 27.8 Å². The Morgan fingerprint density at radius 3 is 3.04 bits per heavy atom. The number of benzene rings is 1. The topological polar surface area (TPSA) is 68.2 Å². The highest BCUT2D eigenvalue weighted by Gasteiger charge is 2.20. The molecule has 5 nitrogen and oxygen atoms in total. The predicted octanol–water partition coefficient (Wildman–Crippen LogP) is 3.66. The molecular weight excluding hydrogens is 330 g/mol. The van der Waals surface area contributed by atoms with Gasteiger partial charge in [0.25, 0.3) is 0 Å². The van der Waals surface area contributed by atoms with Crippen molar-refractivity contribution in [3.8, 4) is 10.6 Å². The fourth-order valence-electron chi connectivity index (χ4n) is 3.60. The van der Waals surface area contributed by atoms with Crippen LogP contribution in [0.15, 0.2) is 42.7 Å². The fourth-order valence-corrected chi connectivity index (χ4v) is 4.67. The quantitative estimate of drug-likeness (QED) is 0.579. The maximum atomic E-state index is 6.11. The number of imidazole rings is 1.